The number of amides is 1. The molecular weight excluding hydrogens is 392 g/mol. The van der Waals surface area contributed by atoms with E-state index in [2.05, 4.69) is 5.32 Å². The first-order chi connectivity index (χ1) is 13.6. The van der Waals surface area contributed by atoms with Gasteiger partial charge < -0.3 is 13.9 Å². The third kappa shape index (κ3) is 5.24. The van der Waals surface area contributed by atoms with E-state index in [1.807, 2.05) is 0 Å². The van der Waals surface area contributed by atoms with Crippen LogP contribution in [-0.4, -0.2) is 36.8 Å². The molecule has 0 radical (unpaired) electrons. The molecule has 0 bridgehead atoms. The van der Waals surface area contributed by atoms with Crippen LogP contribution in [0.1, 0.15) is 50.7 Å². The molecule has 154 valence electrons. The molecule has 1 heterocycles. The van der Waals surface area contributed by atoms with Gasteiger partial charge in [-0.25, -0.2) is 18.4 Å². The summed E-state index contributed by atoms with van der Waals surface area (Å²) in [6.45, 7) is 3.38. The van der Waals surface area contributed by atoms with Crippen LogP contribution in [0.5, 0.6) is 0 Å². The molecule has 2 aromatic rings. The average Bonchev–Trinajstić information content (AvgIpc) is 2.95. The number of esters is 2. The zero-order valence-electron chi connectivity index (χ0n) is 15.8. The zero-order chi connectivity index (χ0) is 21.7. The van der Waals surface area contributed by atoms with Crippen LogP contribution in [0.4, 0.5) is 14.7 Å². The van der Waals surface area contributed by atoms with E-state index in [4.69, 9.17) is 13.9 Å². The van der Waals surface area contributed by atoms with E-state index in [0.717, 1.165) is 12.1 Å². The van der Waals surface area contributed by atoms with Crippen LogP contribution in [0, 0.1) is 18.6 Å². The second-order valence-electron chi connectivity index (χ2n) is 5.80. The average molecular weight is 409 g/mol. The molecule has 0 aliphatic heterocycles. The molecule has 1 amide bonds. The van der Waals surface area contributed by atoms with E-state index in [1.54, 1.807) is 6.92 Å². The van der Waals surface area contributed by atoms with Crippen molar-refractivity contribution in [2.75, 3.05) is 18.5 Å². The Labute approximate surface area is 163 Å². The molecule has 29 heavy (non-hydrogen) atoms. The Bertz CT molecular complexity index is 961. The van der Waals surface area contributed by atoms with Crippen molar-refractivity contribution in [2.45, 2.75) is 20.8 Å². The summed E-state index contributed by atoms with van der Waals surface area (Å²) in [5, 5.41) is 2.21. The molecule has 0 fully saturated rings. The van der Waals surface area contributed by atoms with Crippen molar-refractivity contribution in [3.63, 3.8) is 0 Å². The molecule has 1 aromatic carbocycles. The number of hydrogen-bond acceptors (Lipinski definition) is 7. The van der Waals surface area contributed by atoms with Gasteiger partial charge in [-0.15, -0.1) is 0 Å². The Kier molecular flexibility index (Phi) is 6.81. The highest BCUT2D eigenvalue weighted by Crippen LogP contribution is 2.28. The van der Waals surface area contributed by atoms with Crippen LogP contribution < -0.4 is 5.32 Å². The van der Waals surface area contributed by atoms with Gasteiger partial charge in [0.25, 0.3) is 5.91 Å². The van der Waals surface area contributed by atoms with Crippen LogP contribution in [0.2, 0.25) is 0 Å². The number of halogens is 2. The number of aryl methyl sites for hydroxylation is 1. The van der Waals surface area contributed by atoms with Crippen molar-refractivity contribution in [1.82, 2.24) is 0 Å². The Morgan fingerprint density at radius 2 is 1.62 bits per heavy atom. The second-order valence-corrected chi connectivity index (χ2v) is 5.80. The third-order valence-electron chi connectivity index (χ3n) is 3.60. The van der Waals surface area contributed by atoms with E-state index >= 15 is 0 Å². The Morgan fingerprint density at radius 3 is 2.17 bits per heavy atom. The highest BCUT2D eigenvalue weighted by Gasteiger charge is 2.29. The van der Waals surface area contributed by atoms with Gasteiger partial charge in [0.05, 0.1) is 17.7 Å². The predicted molar refractivity (Wildman–Crippen MR) is 94.7 cm³/mol. The van der Waals surface area contributed by atoms with Crippen LogP contribution in [0.3, 0.4) is 0 Å². The van der Waals surface area contributed by atoms with Crippen molar-refractivity contribution in [2.24, 2.45) is 0 Å². The Morgan fingerprint density at radius 1 is 1.00 bits per heavy atom. The minimum absolute atomic E-state index is 0.0234. The number of carbonyl (C=O) groups is 4. The molecular formula is C19H17F2NO7. The zero-order valence-corrected chi connectivity index (χ0v) is 15.8. The minimum atomic E-state index is -1.13. The van der Waals surface area contributed by atoms with Gasteiger partial charge in [0.2, 0.25) is 5.88 Å². The number of benzene rings is 1. The van der Waals surface area contributed by atoms with Gasteiger partial charge >= 0.3 is 11.9 Å². The van der Waals surface area contributed by atoms with E-state index in [0.29, 0.717) is 6.07 Å². The lowest BCUT2D eigenvalue weighted by Crippen LogP contribution is -2.22. The van der Waals surface area contributed by atoms with Crippen molar-refractivity contribution in [3.8, 4) is 0 Å². The summed E-state index contributed by atoms with van der Waals surface area (Å²) in [7, 11) is 0. The van der Waals surface area contributed by atoms with Gasteiger partial charge in [0, 0.05) is 6.07 Å². The summed E-state index contributed by atoms with van der Waals surface area (Å²) < 4.78 is 41.1. The van der Waals surface area contributed by atoms with Crippen molar-refractivity contribution < 1.29 is 41.8 Å². The maximum Gasteiger partial charge on any atom is 0.344 e. The summed E-state index contributed by atoms with van der Waals surface area (Å²) in [5.74, 6) is -5.63. The lowest BCUT2D eigenvalue weighted by Gasteiger charge is -2.07. The summed E-state index contributed by atoms with van der Waals surface area (Å²) in [4.78, 5) is 47.9. The molecule has 0 saturated heterocycles. The molecule has 0 aliphatic rings. The number of rotatable bonds is 7. The lowest BCUT2D eigenvalue weighted by atomic mass is 10.1. The maximum atomic E-state index is 13.2. The van der Waals surface area contributed by atoms with Gasteiger partial charge in [0.15, 0.2) is 12.4 Å². The standard InChI is InChI=1S/C19H17F2NO7/c1-4-27-19(26)16-15(9(2)23)10(3)29-17(16)22-14(24)8-28-18(25)11-5-12(20)7-13(21)6-11/h5-7H,4,8H2,1-3H3,(H,22,24). The number of hydrogen-bond donors (Lipinski definition) is 1. The van der Waals surface area contributed by atoms with Crippen molar-refractivity contribution in [3.05, 3.63) is 52.3 Å². The SMILES string of the molecule is CCOC(=O)c1c(NC(=O)COC(=O)c2cc(F)cc(F)c2)oc(C)c1C(C)=O. The first-order valence-corrected chi connectivity index (χ1v) is 8.38. The molecule has 1 N–H and O–H groups in total. The fraction of sp³-hybridized carbons (Fsp3) is 0.263. The topological polar surface area (TPSA) is 112 Å². The fourth-order valence-corrected chi connectivity index (χ4v) is 2.50. The summed E-state index contributed by atoms with van der Waals surface area (Å²) in [6.07, 6.45) is 0. The number of ketones is 1. The highest BCUT2D eigenvalue weighted by molar-refractivity contribution is 6.10. The third-order valence-corrected chi connectivity index (χ3v) is 3.60. The molecule has 8 nitrogen and oxygen atoms in total. The monoisotopic (exact) mass is 409 g/mol. The first-order valence-electron chi connectivity index (χ1n) is 8.38. The summed E-state index contributed by atoms with van der Waals surface area (Å²) in [5.41, 5.74) is -0.732. The number of anilines is 1. The van der Waals surface area contributed by atoms with E-state index < -0.39 is 47.4 Å². The maximum absolute atomic E-state index is 13.2. The van der Waals surface area contributed by atoms with Crippen LogP contribution >= 0.6 is 0 Å². The predicted octanol–water partition coefficient (Wildman–Crippen LogP) is 3.04. The Hall–Kier alpha value is -3.56. The molecule has 0 spiro atoms. The fourth-order valence-electron chi connectivity index (χ4n) is 2.50. The molecule has 2 rings (SSSR count). The summed E-state index contributed by atoms with van der Waals surface area (Å²) in [6, 6.07) is 2.07. The van der Waals surface area contributed by atoms with E-state index in [1.165, 1.54) is 13.8 Å². The normalized spacial score (nSPS) is 10.4. The van der Waals surface area contributed by atoms with Crippen LogP contribution in [0.25, 0.3) is 0 Å². The van der Waals surface area contributed by atoms with E-state index in [9.17, 15) is 28.0 Å². The van der Waals surface area contributed by atoms with Gasteiger partial charge in [-0.05, 0) is 32.9 Å². The van der Waals surface area contributed by atoms with Crippen molar-refractivity contribution in [1.29, 1.82) is 0 Å². The van der Waals surface area contributed by atoms with Gasteiger partial charge in [0.1, 0.15) is 23.0 Å². The van der Waals surface area contributed by atoms with E-state index in [-0.39, 0.29) is 29.4 Å². The molecule has 10 heteroatoms. The lowest BCUT2D eigenvalue weighted by molar-refractivity contribution is -0.119. The van der Waals surface area contributed by atoms with Crippen molar-refractivity contribution >= 4 is 29.5 Å². The summed E-state index contributed by atoms with van der Waals surface area (Å²) >= 11 is 0. The quantitative estimate of drug-likeness (QED) is 0.553. The molecule has 0 atom stereocenters. The van der Waals surface area contributed by atoms with Gasteiger partial charge in [-0.2, -0.15) is 0 Å². The first kappa shape index (κ1) is 21.7. The largest absolute Gasteiger partial charge is 0.462 e. The number of furan rings is 1. The number of nitrogens with one attached hydrogen (secondary N) is 1. The number of ether oxygens (including phenoxy) is 2. The number of carbonyl (C=O) groups excluding carboxylic acids is 4. The van der Waals surface area contributed by atoms with Gasteiger partial charge in [-0.1, -0.05) is 0 Å². The second kappa shape index (κ2) is 9.09. The Balaban J connectivity index is 2.14. The molecule has 0 saturated carbocycles. The number of Topliss-reactive ketones (excluding diaryl/α,β-unsaturated/α-hetero) is 1. The van der Waals surface area contributed by atoms with Crippen LogP contribution in [-0.2, 0) is 14.3 Å². The smallest absolute Gasteiger partial charge is 0.344 e. The molecule has 1 aromatic heterocycles. The van der Waals surface area contributed by atoms with Crippen LogP contribution in [0.15, 0.2) is 22.6 Å². The highest BCUT2D eigenvalue weighted by atomic mass is 19.1. The minimum Gasteiger partial charge on any atom is -0.462 e. The molecule has 0 unspecified atom stereocenters. The van der Waals surface area contributed by atoms with Gasteiger partial charge in [-0.3, -0.25) is 14.9 Å². The molecule has 0 aliphatic carbocycles.